The highest BCUT2D eigenvalue weighted by Crippen LogP contribution is 2.23. The topological polar surface area (TPSA) is 77.1 Å². The van der Waals surface area contributed by atoms with Gasteiger partial charge in [-0.2, -0.15) is 0 Å². The zero-order chi connectivity index (χ0) is 22.0. The van der Waals surface area contributed by atoms with E-state index in [0.717, 1.165) is 17.3 Å². The number of thioether (sulfide) groups is 1. The summed E-state index contributed by atoms with van der Waals surface area (Å²) >= 11 is 13.3. The average molecular weight is 474 g/mol. The van der Waals surface area contributed by atoms with Gasteiger partial charge in [-0.15, -0.1) is 0 Å². The van der Waals surface area contributed by atoms with E-state index in [9.17, 15) is 9.59 Å². The predicted octanol–water partition coefficient (Wildman–Crippen LogP) is 5.38. The van der Waals surface area contributed by atoms with Gasteiger partial charge in [0.25, 0.3) is 5.56 Å². The minimum atomic E-state index is -0.236. The van der Waals surface area contributed by atoms with Crippen LogP contribution in [0, 0.1) is 6.92 Å². The smallest absolute Gasteiger partial charge is 0.262 e. The minimum Gasteiger partial charge on any atom is -0.467 e. The number of fused-ring (bicyclic) bond motifs is 1. The van der Waals surface area contributed by atoms with Crippen LogP contribution in [0.3, 0.4) is 0 Å². The van der Waals surface area contributed by atoms with Gasteiger partial charge in [-0.05, 0) is 55.0 Å². The highest BCUT2D eigenvalue weighted by Gasteiger charge is 2.15. The number of carbonyl (C=O) groups excluding carboxylic acids is 1. The van der Waals surface area contributed by atoms with Crippen molar-refractivity contribution in [2.45, 2.75) is 18.6 Å². The zero-order valence-electron chi connectivity index (χ0n) is 16.4. The second kappa shape index (κ2) is 9.18. The van der Waals surface area contributed by atoms with Gasteiger partial charge in [-0.1, -0.05) is 41.0 Å². The Morgan fingerprint density at radius 1 is 1.16 bits per heavy atom. The Labute approximate surface area is 192 Å². The van der Waals surface area contributed by atoms with Gasteiger partial charge in [0.05, 0.1) is 29.5 Å². The lowest BCUT2D eigenvalue weighted by atomic mass is 10.2. The Balaban J connectivity index is 1.62. The van der Waals surface area contributed by atoms with Crippen LogP contribution in [0.25, 0.3) is 10.9 Å². The quantitative estimate of drug-likeness (QED) is 0.300. The van der Waals surface area contributed by atoms with Crippen molar-refractivity contribution in [3.05, 3.63) is 86.5 Å². The predicted molar refractivity (Wildman–Crippen MR) is 124 cm³/mol. The lowest BCUT2D eigenvalue weighted by Crippen LogP contribution is -2.24. The molecule has 31 heavy (non-hydrogen) atoms. The summed E-state index contributed by atoms with van der Waals surface area (Å²) in [5, 5.41) is 4.71. The van der Waals surface area contributed by atoms with Crippen LogP contribution in [-0.4, -0.2) is 21.2 Å². The number of aromatic nitrogens is 2. The number of nitrogens with zero attached hydrogens (tertiary/aromatic N) is 2. The Hall–Kier alpha value is -2.74. The van der Waals surface area contributed by atoms with Crippen LogP contribution in [0.2, 0.25) is 10.0 Å². The molecule has 2 aromatic carbocycles. The summed E-state index contributed by atoms with van der Waals surface area (Å²) in [6, 6.07) is 13.8. The van der Waals surface area contributed by atoms with Crippen molar-refractivity contribution in [3.63, 3.8) is 0 Å². The molecule has 4 aromatic rings. The van der Waals surface area contributed by atoms with Crippen molar-refractivity contribution in [2.24, 2.45) is 0 Å². The van der Waals surface area contributed by atoms with Gasteiger partial charge >= 0.3 is 0 Å². The largest absolute Gasteiger partial charge is 0.467 e. The third-order valence-electron chi connectivity index (χ3n) is 4.58. The summed E-state index contributed by atoms with van der Waals surface area (Å²) in [5.41, 5.74) is 1.79. The first-order valence-electron chi connectivity index (χ1n) is 9.32. The maximum atomic E-state index is 13.1. The molecule has 0 unspecified atom stereocenters. The molecule has 0 spiro atoms. The van der Waals surface area contributed by atoms with Crippen molar-refractivity contribution < 1.29 is 9.21 Å². The van der Waals surface area contributed by atoms with Crippen LogP contribution < -0.4 is 10.9 Å². The normalized spacial score (nSPS) is 11.1. The zero-order valence-corrected chi connectivity index (χ0v) is 18.7. The van der Waals surface area contributed by atoms with Crippen molar-refractivity contribution in [1.29, 1.82) is 0 Å². The van der Waals surface area contributed by atoms with E-state index in [1.54, 1.807) is 48.7 Å². The minimum absolute atomic E-state index is 0.0582. The van der Waals surface area contributed by atoms with E-state index in [1.165, 1.54) is 4.57 Å². The number of furan rings is 1. The van der Waals surface area contributed by atoms with Gasteiger partial charge in [-0.3, -0.25) is 14.2 Å². The van der Waals surface area contributed by atoms with Crippen molar-refractivity contribution in [1.82, 2.24) is 9.55 Å². The number of hydrogen-bond acceptors (Lipinski definition) is 5. The van der Waals surface area contributed by atoms with Crippen LogP contribution in [0.15, 0.2) is 69.2 Å². The third kappa shape index (κ3) is 4.95. The summed E-state index contributed by atoms with van der Waals surface area (Å²) in [7, 11) is 0. The van der Waals surface area contributed by atoms with Gasteiger partial charge < -0.3 is 9.73 Å². The molecule has 0 radical (unpaired) electrons. The Kier molecular flexibility index (Phi) is 6.36. The molecule has 0 aliphatic heterocycles. The average Bonchev–Trinajstić information content (AvgIpc) is 3.24. The van der Waals surface area contributed by atoms with E-state index in [0.29, 0.717) is 37.6 Å². The first-order chi connectivity index (χ1) is 14.9. The van der Waals surface area contributed by atoms with E-state index in [1.807, 2.05) is 13.0 Å². The van der Waals surface area contributed by atoms with Gasteiger partial charge in [0.15, 0.2) is 5.16 Å². The van der Waals surface area contributed by atoms with Gasteiger partial charge in [0.1, 0.15) is 5.76 Å². The Morgan fingerprint density at radius 3 is 2.71 bits per heavy atom. The van der Waals surface area contributed by atoms with Crippen molar-refractivity contribution in [3.8, 4) is 0 Å². The molecule has 158 valence electrons. The number of amides is 1. The fourth-order valence-corrected chi connectivity index (χ4v) is 4.16. The molecular formula is C22H17Cl2N3O3S. The van der Waals surface area contributed by atoms with Crippen LogP contribution in [0.1, 0.15) is 11.3 Å². The number of carbonyl (C=O) groups is 1. The summed E-state index contributed by atoms with van der Waals surface area (Å²) in [6.45, 7) is 2.09. The number of benzene rings is 2. The van der Waals surface area contributed by atoms with Crippen LogP contribution >= 0.6 is 35.0 Å². The molecule has 6 nitrogen and oxygen atoms in total. The monoisotopic (exact) mass is 473 g/mol. The molecule has 2 heterocycles. The van der Waals surface area contributed by atoms with Gasteiger partial charge in [0, 0.05) is 15.7 Å². The molecule has 1 N–H and O–H groups in total. The molecule has 0 fully saturated rings. The highest BCUT2D eigenvalue weighted by molar-refractivity contribution is 7.99. The molecule has 0 saturated heterocycles. The molecule has 0 saturated carbocycles. The number of nitrogens with one attached hydrogen (secondary N) is 1. The molecule has 9 heteroatoms. The SMILES string of the molecule is Cc1ccc(Cl)cc1NC(=O)CSc1nc2cc(Cl)ccc2c(=O)n1Cc1ccco1. The molecule has 0 atom stereocenters. The Bertz CT molecular complexity index is 1320. The lowest BCUT2D eigenvalue weighted by Gasteiger charge is -2.13. The van der Waals surface area contributed by atoms with Crippen LogP contribution in [0.5, 0.6) is 0 Å². The van der Waals surface area contributed by atoms with Crippen molar-refractivity contribution >= 4 is 57.5 Å². The molecule has 0 bridgehead atoms. The fraction of sp³-hybridized carbons (Fsp3) is 0.136. The molecule has 0 aliphatic rings. The van der Waals surface area contributed by atoms with Gasteiger partial charge in [-0.25, -0.2) is 4.98 Å². The van der Waals surface area contributed by atoms with E-state index >= 15 is 0 Å². The summed E-state index contributed by atoms with van der Waals surface area (Å²) in [4.78, 5) is 30.3. The number of aryl methyl sites for hydroxylation is 1. The van der Waals surface area contributed by atoms with Gasteiger partial charge in [0.2, 0.25) is 5.91 Å². The fourth-order valence-electron chi connectivity index (χ4n) is 3.03. The highest BCUT2D eigenvalue weighted by atomic mass is 35.5. The summed E-state index contributed by atoms with van der Waals surface area (Å²) in [6.07, 6.45) is 1.54. The lowest BCUT2D eigenvalue weighted by molar-refractivity contribution is -0.113. The first kappa shape index (κ1) is 21.5. The Morgan fingerprint density at radius 2 is 1.94 bits per heavy atom. The molecule has 4 rings (SSSR count). The molecule has 2 aromatic heterocycles. The maximum absolute atomic E-state index is 13.1. The van der Waals surface area contributed by atoms with E-state index in [2.05, 4.69) is 10.3 Å². The summed E-state index contributed by atoms with van der Waals surface area (Å²) < 4.78 is 6.90. The van der Waals surface area contributed by atoms with E-state index in [-0.39, 0.29) is 23.8 Å². The first-order valence-corrected chi connectivity index (χ1v) is 11.1. The maximum Gasteiger partial charge on any atom is 0.262 e. The standard InChI is InChI=1S/C22H17Cl2N3O3S/c1-13-4-5-14(23)9-18(13)25-20(28)12-31-22-26-19-10-15(24)6-7-17(19)21(29)27(22)11-16-3-2-8-30-16/h2-10H,11-12H2,1H3,(H,25,28). The number of hydrogen-bond donors (Lipinski definition) is 1. The molecule has 0 aliphatic carbocycles. The van der Waals surface area contributed by atoms with Crippen molar-refractivity contribution in [2.75, 3.05) is 11.1 Å². The second-order valence-electron chi connectivity index (χ2n) is 6.82. The third-order valence-corrected chi connectivity index (χ3v) is 6.03. The number of anilines is 1. The molecular weight excluding hydrogens is 457 g/mol. The van der Waals surface area contributed by atoms with E-state index in [4.69, 9.17) is 27.6 Å². The summed E-state index contributed by atoms with van der Waals surface area (Å²) in [5.74, 6) is 0.432. The van der Waals surface area contributed by atoms with E-state index < -0.39 is 0 Å². The van der Waals surface area contributed by atoms with Crippen LogP contribution in [0.4, 0.5) is 5.69 Å². The number of halogens is 2. The van der Waals surface area contributed by atoms with Crippen LogP contribution in [-0.2, 0) is 11.3 Å². The molecule has 1 amide bonds. The second-order valence-corrected chi connectivity index (χ2v) is 8.64. The number of rotatable bonds is 6.